The molecule has 2 heterocycles. The lowest BCUT2D eigenvalue weighted by atomic mass is 9.89. The monoisotopic (exact) mass is 342 g/mol. The Morgan fingerprint density at radius 1 is 1.36 bits per heavy atom. The second-order valence-corrected chi connectivity index (χ2v) is 7.40. The van der Waals surface area contributed by atoms with Gasteiger partial charge < -0.3 is 15.0 Å². The zero-order chi connectivity index (χ0) is 18.0. The molecule has 0 fully saturated rings. The summed E-state index contributed by atoms with van der Waals surface area (Å²) in [4.78, 5) is 14.7. The van der Waals surface area contributed by atoms with E-state index in [4.69, 9.17) is 4.74 Å². The predicted molar refractivity (Wildman–Crippen MR) is 96.8 cm³/mol. The maximum Gasteiger partial charge on any atom is 0.272 e. The maximum absolute atomic E-state index is 12.6. The van der Waals surface area contributed by atoms with Gasteiger partial charge in [0, 0.05) is 24.7 Å². The van der Waals surface area contributed by atoms with E-state index in [9.17, 15) is 4.79 Å². The van der Waals surface area contributed by atoms with E-state index in [1.54, 1.807) is 10.7 Å². The summed E-state index contributed by atoms with van der Waals surface area (Å²) < 4.78 is 7.82. The van der Waals surface area contributed by atoms with Gasteiger partial charge in [-0.25, -0.2) is 0 Å². The van der Waals surface area contributed by atoms with Crippen LogP contribution in [0, 0.1) is 0 Å². The van der Waals surface area contributed by atoms with Crippen LogP contribution in [0.5, 0.6) is 5.75 Å². The molecule has 3 rings (SSSR count). The van der Waals surface area contributed by atoms with E-state index in [1.165, 1.54) is 0 Å². The highest BCUT2D eigenvalue weighted by atomic mass is 16.5. The molecule has 6 nitrogen and oxygen atoms in total. The molecule has 0 saturated carbocycles. The molecule has 1 atom stereocenters. The minimum atomic E-state index is -0.322. The fourth-order valence-corrected chi connectivity index (χ4v) is 3.07. The Bertz CT molecular complexity index is 751. The van der Waals surface area contributed by atoms with E-state index in [-0.39, 0.29) is 17.6 Å². The van der Waals surface area contributed by atoms with Crippen LogP contribution in [0.3, 0.4) is 0 Å². The standard InChI is InChI=1S/C19H26N4O2/c1-19(2)13-16(14-7-5-6-8-17(14)25-19)20-18(24)15-9-10-23(21-15)12-11-22(3)4/h5-10,16H,11-13H2,1-4H3,(H,20,24). The average Bonchev–Trinajstić information content (AvgIpc) is 3.01. The van der Waals surface area contributed by atoms with E-state index < -0.39 is 0 Å². The lowest BCUT2D eigenvalue weighted by molar-refractivity contribution is 0.0618. The Morgan fingerprint density at radius 2 is 2.12 bits per heavy atom. The lowest BCUT2D eigenvalue weighted by Crippen LogP contribution is -2.41. The van der Waals surface area contributed by atoms with E-state index in [2.05, 4.69) is 15.3 Å². The smallest absolute Gasteiger partial charge is 0.272 e. The fraction of sp³-hybridized carbons (Fsp3) is 0.474. The molecule has 2 aromatic rings. The number of hydrogen-bond acceptors (Lipinski definition) is 4. The van der Waals surface area contributed by atoms with Crippen molar-refractivity contribution in [3.05, 3.63) is 47.8 Å². The molecule has 0 saturated heterocycles. The number of hydrogen-bond donors (Lipinski definition) is 1. The van der Waals surface area contributed by atoms with Gasteiger partial charge in [-0.05, 0) is 40.1 Å². The minimum absolute atomic E-state index is 0.0839. The van der Waals surface area contributed by atoms with Gasteiger partial charge >= 0.3 is 0 Å². The number of carbonyl (C=O) groups excluding carboxylic acids is 1. The summed E-state index contributed by atoms with van der Waals surface area (Å²) in [6.45, 7) is 5.72. The van der Waals surface area contributed by atoms with Crippen molar-refractivity contribution >= 4 is 5.91 Å². The number of likely N-dealkylation sites (N-methyl/N-ethyl adjacent to an activating group) is 1. The first-order valence-corrected chi connectivity index (χ1v) is 8.61. The Morgan fingerprint density at radius 3 is 2.88 bits per heavy atom. The Hall–Kier alpha value is -2.34. The molecule has 0 radical (unpaired) electrons. The number of nitrogens with one attached hydrogen (secondary N) is 1. The summed E-state index contributed by atoms with van der Waals surface area (Å²) >= 11 is 0. The molecule has 1 aromatic heterocycles. The van der Waals surface area contributed by atoms with E-state index in [0.717, 1.165) is 30.8 Å². The second-order valence-electron chi connectivity index (χ2n) is 7.40. The number of benzene rings is 1. The number of para-hydroxylation sites is 1. The molecule has 0 bridgehead atoms. The van der Waals surface area contributed by atoms with Crippen molar-refractivity contribution in [1.29, 1.82) is 0 Å². The molecule has 0 spiro atoms. The van der Waals surface area contributed by atoms with Crippen molar-refractivity contribution in [2.45, 2.75) is 38.5 Å². The molecular weight excluding hydrogens is 316 g/mol. The van der Waals surface area contributed by atoms with Crippen LogP contribution in [-0.4, -0.2) is 46.8 Å². The van der Waals surface area contributed by atoms with Crippen LogP contribution in [0.25, 0.3) is 0 Å². The first-order valence-electron chi connectivity index (χ1n) is 8.61. The average molecular weight is 342 g/mol. The minimum Gasteiger partial charge on any atom is -0.487 e. The molecule has 1 amide bonds. The van der Waals surface area contributed by atoms with Crippen molar-refractivity contribution in [1.82, 2.24) is 20.0 Å². The van der Waals surface area contributed by atoms with Gasteiger partial charge in [0.1, 0.15) is 17.0 Å². The third-order valence-corrected chi connectivity index (χ3v) is 4.33. The summed E-state index contributed by atoms with van der Waals surface area (Å²) in [6.07, 6.45) is 2.57. The quantitative estimate of drug-likeness (QED) is 0.907. The Kier molecular flexibility index (Phi) is 4.81. The highest BCUT2D eigenvalue weighted by Crippen LogP contribution is 2.39. The third kappa shape index (κ3) is 4.20. The number of carbonyl (C=O) groups is 1. The Balaban J connectivity index is 1.72. The van der Waals surface area contributed by atoms with Crippen molar-refractivity contribution < 1.29 is 9.53 Å². The Labute approximate surface area is 148 Å². The molecule has 1 unspecified atom stereocenters. The number of fused-ring (bicyclic) bond motifs is 1. The zero-order valence-corrected chi connectivity index (χ0v) is 15.3. The number of aromatic nitrogens is 2. The van der Waals surface area contributed by atoms with E-state index >= 15 is 0 Å². The number of nitrogens with zero attached hydrogens (tertiary/aromatic N) is 3. The topological polar surface area (TPSA) is 59.4 Å². The molecular formula is C19H26N4O2. The predicted octanol–water partition coefficient (Wildman–Crippen LogP) is 2.48. The molecule has 134 valence electrons. The largest absolute Gasteiger partial charge is 0.487 e. The first-order chi connectivity index (χ1) is 11.8. The van der Waals surface area contributed by atoms with Crippen LogP contribution < -0.4 is 10.1 Å². The van der Waals surface area contributed by atoms with Gasteiger partial charge in [0.05, 0.1) is 12.6 Å². The van der Waals surface area contributed by atoms with Gasteiger partial charge in [0.25, 0.3) is 5.91 Å². The van der Waals surface area contributed by atoms with Crippen LogP contribution in [-0.2, 0) is 6.54 Å². The third-order valence-electron chi connectivity index (χ3n) is 4.33. The molecule has 1 N–H and O–H groups in total. The number of amides is 1. The zero-order valence-electron chi connectivity index (χ0n) is 15.3. The highest BCUT2D eigenvalue weighted by molar-refractivity contribution is 5.92. The maximum atomic E-state index is 12.6. The normalized spacial score (nSPS) is 18.5. The van der Waals surface area contributed by atoms with Gasteiger partial charge in [0.15, 0.2) is 0 Å². The molecule has 1 aromatic carbocycles. The molecule has 25 heavy (non-hydrogen) atoms. The molecule has 0 aliphatic carbocycles. The highest BCUT2D eigenvalue weighted by Gasteiger charge is 2.34. The summed E-state index contributed by atoms with van der Waals surface area (Å²) in [5.74, 6) is 0.682. The fourth-order valence-electron chi connectivity index (χ4n) is 3.07. The lowest BCUT2D eigenvalue weighted by Gasteiger charge is -2.37. The number of rotatable bonds is 5. The summed E-state index contributed by atoms with van der Waals surface area (Å²) in [6, 6.07) is 9.55. The van der Waals surface area contributed by atoms with Crippen LogP contribution in [0.2, 0.25) is 0 Å². The van der Waals surface area contributed by atoms with Crippen molar-refractivity contribution in [3.8, 4) is 5.75 Å². The summed E-state index contributed by atoms with van der Waals surface area (Å²) in [7, 11) is 4.03. The van der Waals surface area contributed by atoms with Gasteiger partial charge in [-0.2, -0.15) is 5.10 Å². The SMILES string of the molecule is CN(C)CCn1ccc(C(=O)NC2CC(C)(C)Oc3ccccc32)n1. The van der Waals surface area contributed by atoms with Gasteiger partial charge in [0.2, 0.25) is 0 Å². The van der Waals surface area contributed by atoms with Crippen LogP contribution >= 0.6 is 0 Å². The van der Waals surface area contributed by atoms with Gasteiger partial charge in [-0.15, -0.1) is 0 Å². The molecule has 6 heteroatoms. The molecule has 1 aliphatic rings. The summed E-state index contributed by atoms with van der Waals surface area (Å²) in [5.41, 5.74) is 1.14. The van der Waals surface area contributed by atoms with Gasteiger partial charge in [-0.3, -0.25) is 9.48 Å². The van der Waals surface area contributed by atoms with Crippen molar-refractivity contribution in [2.75, 3.05) is 20.6 Å². The first kappa shape index (κ1) is 17.5. The van der Waals surface area contributed by atoms with Crippen molar-refractivity contribution in [3.63, 3.8) is 0 Å². The van der Waals surface area contributed by atoms with E-state index in [0.29, 0.717) is 5.69 Å². The van der Waals surface area contributed by atoms with Crippen LogP contribution in [0.15, 0.2) is 36.5 Å². The van der Waals surface area contributed by atoms with E-state index in [1.807, 2.05) is 58.4 Å². The molecule has 1 aliphatic heterocycles. The summed E-state index contributed by atoms with van der Waals surface area (Å²) in [5, 5.41) is 7.51. The number of ether oxygens (including phenoxy) is 1. The van der Waals surface area contributed by atoms with Crippen LogP contribution in [0.4, 0.5) is 0 Å². The van der Waals surface area contributed by atoms with Crippen molar-refractivity contribution in [2.24, 2.45) is 0 Å². The second kappa shape index (κ2) is 6.88. The van der Waals surface area contributed by atoms with Gasteiger partial charge in [-0.1, -0.05) is 18.2 Å². The van der Waals surface area contributed by atoms with Crippen LogP contribution in [0.1, 0.15) is 42.4 Å².